The molecule has 5 nitrogen and oxygen atoms in total. The normalized spacial score (nSPS) is 12.9. The van der Waals surface area contributed by atoms with Gasteiger partial charge < -0.3 is 9.72 Å². The quantitative estimate of drug-likeness (QED) is 0.701. The van der Waals surface area contributed by atoms with Crippen molar-refractivity contribution in [3.8, 4) is 0 Å². The van der Waals surface area contributed by atoms with Gasteiger partial charge in [-0.15, -0.1) is 0 Å². The van der Waals surface area contributed by atoms with Crippen LogP contribution in [0.2, 0.25) is 5.02 Å². The van der Waals surface area contributed by atoms with Gasteiger partial charge in [-0.2, -0.15) is 0 Å². The van der Waals surface area contributed by atoms with Crippen molar-refractivity contribution >= 4 is 28.6 Å². The number of rotatable bonds is 4. The number of aromatic nitrogens is 2. The molecule has 0 bridgehead atoms. The monoisotopic (exact) mass is 372 g/mol. The van der Waals surface area contributed by atoms with Crippen LogP contribution in [0.25, 0.3) is 11.0 Å². The molecule has 1 unspecified atom stereocenters. The number of nitrogens with zero attached hydrogens (tertiary/aromatic N) is 1. The maximum Gasteiger partial charge on any atom is 0.330 e. The largest absolute Gasteiger partial charge is 0.458 e. The van der Waals surface area contributed by atoms with Crippen molar-refractivity contribution in [2.24, 2.45) is 0 Å². The van der Waals surface area contributed by atoms with Crippen molar-refractivity contribution in [1.82, 2.24) is 9.55 Å². The van der Waals surface area contributed by atoms with E-state index in [1.54, 1.807) is 39.0 Å². The maximum absolute atomic E-state index is 12.9. The molecule has 0 saturated heterocycles. The number of imidazole rings is 1. The van der Waals surface area contributed by atoms with Gasteiger partial charge in [0.15, 0.2) is 0 Å². The fraction of sp³-hybridized carbons (Fsp3) is 0.300. The van der Waals surface area contributed by atoms with Gasteiger partial charge in [0.2, 0.25) is 0 Å². The Hall–Kier alpha value is -2.53. The van der Waals surface area contributed by atoms with E-state index in [0.29, 0.717) is 22.5 Å². The third-order valence-corrected chi connectivity index (χ3v) is 4.18. The summed E-state index contributed by atoms with van der Waals surface area (Å²) >= 11 is 6.11. The van der Waals surface area contributed by atoms with E-state index in [-0.39, 0.29) is 5.69 Å². The number of carbonyl (C=O) groups excluding carboxylic acids is 1. The first-order chi connectivity index (χ1) is 12.2. The molecule has 0 saturated carbocycles. The number of ether oxygens (including phenoxy) is 1. The zero-order chi connectivity index (χ0) is 18.9. The average molecular weight is 373 g/mol. The highest BCUT2D eigenvalue weighted by molar-refractivity contribution is 6.31. The lowest BCUT2D eigenvalue weighted by Crippen LogP contribution is -2.35. The van der Waals surface area contributed by atoms with E-state index in [1.807, 2.05) is 30.3 Å². The molecule has 1 aromatic heterocycles. The van der Waals surface area contributed by atoms with Crippen LogP contribution in [0.15, 0.2) is 53.3 Å². The molecule has 3 rings (SSSR count). The minimum absolute atomic E-state index is 0.342. The molecule has 136 valence electrons. The second-order valence-electron chi connectivity index (χ2n) is 7.20. The van der Waals surface area contributed by atoms with Crippen LogP contribution in [0, 0.1) is 0 Å². The Morgan fingerprint density at radius 2 is 1.88 bits per heavy atom. The molecule has 6 heteroatoms. The molecule has 0 aliphatic carbocycles. The second-order valence-corrected chi connectivity index (χ2v) is 7.64. The number of halogens is 1. The predicted octanol–water partition coefficient (Wildman–Crippen LogP) is 4.11. The van der Waals surface area contributed by atoms with Crippen LogP contribution in [0.1, 0.15) is 32.4 Å². The topological polar surface area (TPSA) is 64.1 Å². The zero-order valence-corrected chi connectivity index (χ0v) is 15.7. The second kappa shape index (κ2) is 7.00. The molecule has 0 spiro atoms. The Labute approximate surface area is 156 Å². The number of carbonyl (C=O) groups is 1. The van der Waals surface area contributed by atoms with Crippen molar-refractivity contribution < 1.29 is 9.53 Å². The molecule has 1 N–H and O–H groups in total. The van der Waals surface area contributed by atoms with Crippen molar-refractivity contribution in [2.75, 3.05) is 0 Å². The molecule has 0 aliphatic rings. The number of fused-ring (bicyclic) bond motifs is 1. The number of hydrogen-bond donors (Lipinski definition) is 1. The van der Waals surface area contributed by atoms with Gasteiger partial charge >= 0.3 is 11.7 Å². The Morgan fingerprint density at radius 1 is 1.19 bits per heavy atom. The van der Waals surface area contributed by atoms with E-state index in [0.717, 1.165) is 5.56 Å². The smallest absolute Gasteiger partial charge is 0.330 e. The standard InChI is InChI=1S/C20H21ClN2O3/c1-20(2,3)26-18(24)17(11-13-7-5-4-6-8-13)23-16-12-14(21)9-10-15(16)22-19(23)25/h4-10,12,17H,11H2,1-3H3,(H,22,25). The average Bonchev–Trinajstić information content (AvgIpc) is 2.87. The fourth-order valence-electron chi connectivity index (χ4n) is 2.89. The van der Waals surface area contributed by atoms with Crippen LogP contribution in [0.4, 0.5) is 0 Å². The molecule has 3 aromatic rings. The number of hydrogen-bond acceptors (Lipinski definition) is 3. The highest BCUT2D eigenvalue weighted by atomic mass is 35.5. The van der Waals surface area contributed by atoms with Gasteiger partial charge in [-0.1, -0.05) is 41.9 Å². The first-order valence-electron chi connectivity index (χ1n) is 8.41. The maximum atomic E-state index is 12.9. The lowest BCUT2D eigenvalue weighted by molar-refractivity contribution is -0.159. The summed E-state index contributed by atoms with van der Waals surface area (Å²) in [7, 11) is 0. The molecule has 0 aliphatic heterocycles. The lowest BCUT2D eigenvalue weighted by atomic mass is 10.0. The van der Waals surface area contributed by atoms with Crippen LogP contribution in [0.3, 0.4) is 0 Å². The summed E-state index contributed by atoms with van der Waals surface area (Å²) in [6.07, 6.45) is 0.342. The zero-order valence-electron chi connectivity index (χ0n) is 15.0. The minimum Gasteiger partial charge on any atom is -0.458 e. The third-order valence-electron chi connectivity index (χ3n) is 3.94. The van der Waals surface area contributed by atoms with Crippen LogP contribution >= 0.6 is 11.6 Å². The Kier molecular flexibility index (Phi) is 4.92. The third kappa shape index (κ3) is 3.99. The molecule has 1 heterocycles. The molecule has 0 radical (unpaired) electrons. The van der Waals surface area contributed by atoms with E-state index in [9.17, 15) is 9.59 Å². The van der Waals surface area contributed by atoms with Crippen LogP contribution in [0.5, 0.6) is 0 Å². The van der Waals surface area contributed by atoms with E-state index in [1.165, 1.54) is 4.57 Å². The van der Waals surface area contributed by atoms with E-state index in [2.05, 4.69) is 4.98 Å². The summed E-state index contributed by atoms with van der Waals surface area (Å²) in [5.74, 6) is -0.454. The van der Waals surface area contributed by atoms with Gasteiger partial charge in [0.25, 0.3) is 0 Å². The Morgan fingerprint density at radius 3 is 2.54 bits per heavy atom. The number of benzene rings is 2. The summed E-state index contributed by atoms with van der Waals surface area (Å²) in [5.41, 5.74) is 1.12. The van der Waals surface area contributed by atoms with Crippen LogP contribution in [-0.2, 0) is 16.0 Å². The molecule has 0 amide bonds. The molecule has 1 atom stereocenters. The first kappa shape index (κ1) is 18.3. The SMILES string of the molecule is CC(C)(C)OC(=O)C(Cc1ccccc1)n1c(=O)[nH]c2ccc(Cl)cc21. The molecular weight excluding hydrogens is 352 g/mol. The molecule has 2 aromatic carbocycles. The van der Waals surface area contributed by atoms with E-state index < -0.39 is 17.6 Å². The molecular formula is C20H21ClN2O3. The van der Waals surface area contributed by atoms with Crippen molar-refractivity contribution in [3.05, 3.63) is 69.6 Å². The van der Waals surface area contributed by atoms with Crippen molar-refractivity contribution in [1.29, 1.82) is 0 Å². The minimum atomic E-state index is -0.795. The van der Waals surface area contributed by atoms with Gasteiger partial charge in [-0.25, -0.2) is 9.59 Å². The van der Waals surface area contributed by atoms with Crippen molar-refractivity contribution in [2.45, 2.75) is 38.8 Å². The predicted molar refractivity (Wildman–Crippen MR) is 103 cm³/mol. The van der Waals surface area contributed by atoms with Gasteiger partial charge in [-0.05, 0) is 44.5 Å². The Balaban J connectivity index is 2.11. The van der Waals surface area contributed by atoms with E-state index >= 15 is 0 Å². The van der Waals surface area contributed by atoms with Gasteiger partial charge in [0.1, 0.15) is 11.6 Å². The highest BCUT2D eigenvalue weighted by Crippen LogP contribution is 2.24. The fourth-order valence-corrected chi connectivity index (χ4v) is 3.06. The number of aromatic amines is 1. The number of H-pyrrole nitrogens is 1. The molecule has 26 heavy (non-hydrogen) atoms. The summed E-state index contributed by atoms with van der Waals surface area (Å²) in [5, 5.41) is 0.493. The van der Waals surface area contributed by atoms with Crippen molar-refractivity contribution in [3.63, 3.8) is 0 Å². The number of nitrogens with one attached hydrogen (secondary N) is 1. The molecule has 0 fully saturated rings. The number of esters is 1. The van der Waals surface area contributed by atoms with Gasteiger partial charge in [0.05, 0.1) is 11.0 Å². The summed E-state index contributed by atoms with van der Waals surface area (Å²) < 4.78 is 7.02. The summed E-state index contributed by atoms with van der Waals surface area (Å²) in [4.78, 5) is 28.3. The van der Waals surface area contributed by atoms with Crippen LogP contribution < -0.4 is 5.69 Å². The summed E-state index contributed by atoms with van der Waals surface area (Å²) in [6.45, 7) is 5.41. The lowest BCUT2D eigenvalue weighted by Gasteiger charge is -2.25. The van der Waals surface area contributed by atoms with Gasteiger partial charge in [-0.3, -0.25) is 4.57 Å². The summed E-state index contributed by atoms with van der Waals surface area (Å²) in [6, 6.07) is 13.9. The van der Waals surface area contributed by atoms with E-state index in [4.69, 9.17) is 16.3 Å². The highest BCUT2D eigenvalue weighted by Gasteiger charge is 2.29. The Bertz CT molecular complexity index is 984. The first-order valence-corrected chi connectivity index (χ1v) is 8.79. The van der Waals surface area contributed by atoms with Gasteiger partial charge in [0, 0.05) is 11.4 Å². The van der Waals surface area contributed by atoms with Crippen LogP contribution in [-0.4, -0.2) is 21.1 Å².